The lowest BCUT2D eigenvalue weighted by Gasteiger charge is -2.56. The van der Waals surface area contributed by atoms with E-state index in [-0.39, 0.29) is 29.9 Å². The van der Waals surface area contributed by atoms with Crippen molar-refractivity contribution < 1.29 is 19.4 Å². The number of nitrogens with one attached hydrogen (secondary N) is 1. The van der Waals surface area contributed by atoms with Gasteiger partial charge in [-0.05, 0) is 55.2 Å². The zero-order valence-corrected chi connectivity index (χ0v) is 18.6. The number of aromatic amines is 1. The minimum Gasteiger partial charge on any atom is -0.497 e. The number of aliphatic hydroxyl groups excluding tert-OH is 1. The maximum absolute atomic E-state index is 13.2. The summed E-state index contributed by atoms with van der Waals surface area (Å²) in [6.07, 6.45) is 5.78. The number of hydrogen-bond donors (Lipinski definition) is 2. The first-order chi connectivity index (χ1) is 15.5. The normalized spacial score (nSPS) is 23.9. The summed E-state index contributed by atoms with van der Waals surface area (Å²) >= 11 is 0. The third-order valence-electron chi connectivity index (χ3n) is 7.90. The average molecular weight is 438 g/mol. The van der Waals surface area contributed by atoms with Gasteiger partial charge in [0.05, 0.1) is 25.2 Å². The zero-order valence-electron chi connectivity index (χ0n) is 18.6. The number of benzene rings is 1. The van der Waals surface area contributed by atoms with Gasteiger partial charge < -0.3 is 24.6 Å². The quantitative estimate of drug-likeness (QED) is 0.728. The number of methoxy groups -OCH3 is 1. The standard InChI is InChI=1S/C25H31N3O4/c1-32-17-6-7-18-19(10-17)26-24-20(11-29)28(22(31)9-16-4-5-16)14-25(23(18)24)12-27(13-25)21(30)8-15-2-3-15/h6-7,10,15-16,20,26,29H,2-5,8-9,11-14H2,1H3/t20-/m0/s1. The number of aromatic nitrogens is 1. The fourth-order valence-corrected chi connectivity index (χ4v) is 5.77. The monoisotopic (exact) mass is 437 g/mol. The van der Waals surface area contributed by atoms with Crippen molar-refractivity contribution in [3.8, 4) is 5.75 Å². The Bertz CT molecular complexity index is 1080. The number of H-pyrrole nitrogens is 1. The second kappa shape index (κ2) is 7.24. The molecule has 2 aliphatic heterocycles. The first kappa shape index (κ1) is 20.1. The van der Waals surface area contributed by atoms with Crippen molar-refractivity contribution >= 4 is 22.7 Å². The molecule has 1 atom stereocenters. The molecule has 2 N–H and O–H groups in total. The van der Waals surface area contributed by atoms with Crippen molar-refractivity contribution in [2.45, 2.75) is 50.0 Å². The highest BCUT2D eigenvalue weighted by Crippen LogP contribution is 2.49. The maximum Gasteiger partial charge on any atom is 0.223 e. The van der Waals surface area contributed by atoms with Crippen LogP contribution in [0.2, 0.25) is 0 Å². The zero-order chi connectivity index (χ0) is 22.0. The second-order valence-corrected chi connectivity index (χ2v) is 10.4. The van der Waals surface area contributed by atoms with Gasteiger partial charge >= 0.3 is 0 Å². The molecule has 2 aliphatic carbocycles. The van der Waals surface area contributed by atoms with Crippen molar-refractivity contribution in [1.82, 2.24) is 14.8 Å². The summed E-state index contributed by atoms with van der Waals surface area (Å²) in [5.41, 5.74) is 2.75. The van der Waals surface area contributed by atoms with Gasteiger partial charge in [0.1, 0.15) is 5.75 Å². The molecular weight excluding hydrogens is 406 g/mol. The molecule has 7 heteroatoms. The van der Waals surface area contributed by atoms with E-state index in [0.29, 0.717) is 44.3 Å². The molecule has 1 spiro atoms. The highest BCUT2D eigenvalue weighted by molar-refractivity contribution is 5.90. The molecule has 0 radical (unpaired) electrons. The highest BCUT2D eigenvalue weighted by Gasteiger charge is 2.55. The van der Waals surface area contributed by atoms with Crippen LogP contribution in [-0.4, -0.2) is 65.1 Å². The number of hydrogen-bond acceptors (Lipinski definition) is 4. The van der Waals surface area contributed by atoms with Crippen LogP contribution in [-0.2, 0) is 15.0 Å². The first-order valence-electron chi connectivity index (χ1n) is 11.9. The van der Waals surface area contributed by atoms with Crippen LogP contribution in [0.25, 0.3) is 10.9 Å². The van der Waals surface area contributed by atoms with Crippen LogP contribution in [0.5, 0.6) is 5.75 Å². The predicted molar refractivity (Wildman–Crippen MR) is 119 cm³/mol. The van der Waals surface area contributed by atoms with Crippen LogP contribution in [0, 0.1) is 11.8 Å². The van der Waals surface area contributed by atoms with E-state index in [2.05, 4.69) is 11.1 Å². The van der Waals surface area contributed by atoms with Crippen molar-refractivity contribution in [1.29, 1.82) is 0 Å². The lowest BCUT2D eigenvalue weighted by atomic mass is 9.68. The molecular formula is C25H31N3O4. The Morgan fingerprint density at radius 3 is 2.41 bits per heavy atom. The largest absolute Gasteiger partial charge is 0.497 e. The van der Waals surface area contributed by atoms with Crippen LogP contribution in [0.3, 0.4) is 0 Å². The highest BCUT2D eigenvalue weighted by atomic mass is 16.5. The minimum atomic E-state index is -0.378. The molecule has 1 aromatic carbocycles. The second-order valence-electron chi connectivity index (χ2n) is 10.4. The molecule has 1 saturated heterocycles. The number of fused-ring (bicyclic) bond motifs is 4. The van der Waals surface area contributed by atoms with Crippen LogP contribution in [0.4, 0.5) is 0 Å². The molecule has 1 aromatic heterocycles. The summed E-state index contributed by atoms with van der Waals surface area (Å²) in [6.45, 7) is 1.71. The number of rotatable bonds is 6. The molecule has 2 aromatic rings. The number of carbonyl (C=O) groups excluding carboxylic acids is 2. The third-order valence-corrected chi connectivity index (χ3v) is 7.90. The molecule has 0 bridgehead atoms. The van der Waals surface area contributed by atoms with E-state index >= 15 is 0 Å². The molecule has 170 valence electrons. The number of nitrogens with zero attached hydrogens (tertiary/aromatic N) is 2. The van der Waals surface area contributed by atoms with Crippen molar-refractivity contribution in [3.63, 3.8) is 0 Å². The lowest BCUT2D eigenvalue weighted by molar-refractivity contribution is -0.145. The Morgan fingerprint density at radius 1 is 1.09 bits per heavy atom. The summed E-state index contributed by atoms with van der Waals surface area (Å²) in [5, 5.41) is 11.4. The van der Waals surface area contributed by atoms with Gasteiger partial charge in [0, 0.05) is 55.1 Å². The Hall–Kier alpha value is -2.54. The van der Waals surface area contributed by atoms with Crippen LogP contribution in [0.15, 0.2) is 18.2 Å². The van der Waals surface area contributed by atoms with Crippen LogP contribution >= 0.6 is 0 Å². The molecule has 3 fully saturated rings. The molecule has 7 nitrogen and oxygen atoms in total. The van der Waals surface area contributed by atoms with Crippen molar-refractivity contribution in [3.05, 3.63) is 29.5 Å². The van der Waals surface area contributed by atoms with Gasteiger partial charge in [-0.15, -0.1) is 0 Å². The van der Waals surface area contributed by atoms with Gasteiger partial charge in [-0.25, -0.2) is 0 Å². The summed E-state index contributed by atoms with van der Waals surface area (Å²) in [6, 6.07) is 5.62. The molecule has 3 heterocycles. The lowest BCUT2D eigenvalue weighted by Crippen LogP contribution is -2.68. The average Bonchev–Trinajstić information content (AvgIpc) is 3.69. The number of aliphatic hydroxyl groups is 1. The van der Waals surface area contributed by atoms with E-state index in [1.54, 1.807) is 7.11 Å². The smallest absolute Gasteiger partial charge is 0.223 e. The van der Waals surface area contributed by atoms with E-state index in [9.17, 15) is 14.7 Å². The van der Waals surface area contributed by atoms with Crippen LogP contribution in [0.1, 0.15) is 55.8 Å². The maximum atomic E-state index is 13.2. The third kappa shape index (κ3) is 3.20. The van der Waals surface area contributed by atoms with Gasteiger partial charge in [0.25, 0.3) is 0 Å². The molecule has 2 saturated carbocycles. The number of ether oxygens (including phenoxy) is 1. The van der Waals surface area contributed by atoms with Gasteiger partial charge in [0.15, 0.2) is 0 Å². The van der Waals surface area contributed by atoms with Crippen molar-refractivity contribution in [2.75, 3.05) is 33.4 Å². The number of amides is 2. The van der Waals surface area contributed by atoms with Crippen LogP contribution < -0.4 is 4.74 Å². The van der Waals surface area contributed by atoms with E-state index in [1.807, 2.05) is 21.9 Å². The molecule has 2 amide bonds. The van der Waals surface area contributed by atoms with E-state index in [0.717, 1.165) is 35.2 Å². The summed E-state index contributed by atoms with van der Waals surface area (Å²) < 4.78 is 5.41. The number of likely N-dealkylation sites (tertiary alicyclic amines) is 1. The molecule has 0 unspecified atom stereocenters. The first-order valence-corrected chi connectivity index (χ1v) is 11.9. The summed E-state index contributed by atoms with van der Waals surface area (Å²) in [4.78, 5) is 33.4. The van der Waals surface area contributed by atoms with Gasteiger partial charge in [-0.1, -0.05) is 0 Å². The molecule has 4 aliphatic rings. The molecule has 32 heavy (non-hydrogen) atoms. The summed E-state index contributed by atoms with van der Waals surface area (Å²) in [7, 11) is 1.65. The SMILES string of the molecule is COc1ccc2c3c([nH]c2c1)[C@H](CO)N(C(=O)CC1CC1)CC31CN(C(=O)CC2CC2)C1. The fourth-order valence-electron chi connectivity index (χ4n) is 5.77. The van der Waals surface area contributed by atoms with Gasteiger partial charge in [-0.3, -0.25) is 9.59 Å². The van der Waals surface area contributed by atoms with E-state index < -0.39 is 0 Å². The van der Waals surface area contributed by atoms with Crippen molar-refractivity contribution in [2.24, 2.45) is 11.8 Å². The summed E-state index contributed by atoms with van der Waals surface area (Å²) in [5.74, 6) is 2.18. The Morgan fingerprint density at radius 2 is 1.78 bits per heavy atom. The van der Waals surface area contributed by atoms with E-state index in [1.165, 1.54) is 18.4 Å². The predicted octanol–water partition coefficient (Wildman–Crippen LogP) is 2.73. The Balaban J connectivity index is 1.39. The Kier molecular flexibility index (Phi) is 4.54. The Labute approximate surface area is 187 Å². The number of carbonyl (C=O) groups is 2. The topological polar surface area (TPSA) is 85.9 Å². The minimum absolute atomic E-state index is 0.117. The van der Waals surface area contributed by atoms with E-state index in [4.69, 9.17) is 4.74 Å². The molecule has 6 rings (SSSR count). The van der Waals surface area contributed by atoms with Gasteiger partial charge in [0.2, 0.25) is 11.8 Å². The van der Waals surface area contributed by atoms with Gasteiger partial charge in [-0.2, -0.15) is 0 Å². The fraction of sp³-hybridized carbons (Fsp3) is 0.600.